The molecule has 1 N–H and O–H groups in total. The van der Waals surface area contributed by atoms with Crippen molar-refractivity contribution in [1.29, 1.82) is 0 Å². The average Bonchev–Trinajstić information content (AvgIpc) is 2.83. The van der Waals surface area contributed by atoms with Crippen LogP contribution in [0.15, 0.2) is 0 Å². The Morgan fingerprint density at radius 3 is 2.78 bits per heavy atom. The number of aromatic nitrogens is 2. The van der Waals surface area contributed by atoms with Crippen LogP contribution < -0.4 is 4.74 Å². The van der Waals surface area contributed by atoms with E-state index in [1.165, 1.54) is 0 Å². The summed E-state index contributed by atoms with van der Waals surface area (Å²) in [4.78, 5) is 13.5. The molecule has 6 nitrogen and oxygen atoms in total. The first kappa shape index (κ1) is 12.9. The van der Waals surface area contributed by atoms with Crippen molar-refractivity contribution in [2.24, 2.45) is 7.05 Å². The maximum Gasteiger partial charge on any atom is 0.260 e. The van der Waals surface area contributed by atoms with Crippen LogP contribution in [0.5, 0.6) is 5.75 Å². The number of rotatable bonds is 3. The summed E-state index contributed by atoms with van der Waals surface area (Å²) in [7, 11) is 1.84. The Morgan fingerprint density at radius 1 is 1.56 bits per heavy atom. The van der Waals surface area contributed by atoms with Crippen LogP contribution in [0, 0.1) is 13.8 Å². The van der Waals surface area contributed by atoms with E-state index in [4.69, 9.17) is 4.74 Å². The molecule has 1 aliphatic heterocycles. The van der Waals surface area contributed by atoms with E-state index in [1.807, 2.05) is 20.9 Å². The maximum absolute atomic E-state index is 11.9. The number of hydrogen-bond acceptors (Lipinski definition) is 4. The molecule has 0 aromatic carbocycles. The molecule has 18 heavy (non-hydrogen) atoms. The molecule has 0 spiro atoms. The molecule has 1 fully saturated rings. The van der Waals surface area contributed by atoms with Crippen LogP contribution in [0.25, 0.3) is 0 Å². The zero-order valence-corrected chi connectivity index (χ0v) is 11.0. The monoisotopic (exact) mass is 253 g/mol. The fourth-order valence-corrected chi connectivity index (χ4v) is 2.16. The summed E-state index contributed by atoms with van der Waals surface area (Å²) in [6.45, 7) is 4.77. The van der Waals surface area contributed by atoms with Gasteiger partial charge in [-0.1, -0.05) is 0 Å². The van der Waals surface area contributed by atoms with E-state index in [-0.39, 0.29) is 12.5 Å². The van der Waals surface area contributed by atoms with Crippen molar-refractivity contribution in [3.8, 4) is 5.75 Å². The summed E-state index contributed by atoms with van der Waals surface area (Å²) in [6.07, 6.45) is 0.257. The molecule has 100 valence electrons. The first-order valence-corrected chi connectivity index (χ1v) is 6.08. The van der Waals surface area contributed by atoms with Gasteiger partial charge in [0.2, 0.25) is 0 Å². The van der Waals surface area contributed by atoms with Crippen molar-refractivity contribution in [3.63, 3.8) is 0 Å². The van der Waals surface area contributed by atoms with Gasteiger partial charge in [-0.2, -0.15) is 5.10 Å². The van der Waals surface area contributed by atoms with E-state index in [9.17, 15) is 9.90 Å². The van der Waals surface area contributed by atoms with Gasteiger partial charge in [-0.15, -0.1) is 0 Å². The molecule has 1 atom stereocenters. The molecule has 1 aromatic rings. The van der Waals surface area contributed by atoms with E-state index in [0.717, 1.165) is 11.4 Å². The lowest BCUT2D eigenvalue weighted by Crippen LogP contribution is -2.33. The van der Waals surface area contributed by atoms with Gasteiger partial charge >= 0.3 is 0 Å². The third kappa shape index (κ3) is 2.48. The van der Waals surface area contributed by atoms with E-state index in [1.54, 1.807) is 9.58 Å². The molecule has 0 saturated carbocycles. The highest BCUT2D eigenvalue weighted by Crippen LogP contribution is 2.21. The number of hydrogen-bond donors (Lipinski definition) is 1. The van der Waals surface area contributed by atoms with Crippen LogP contribution in [0.4, 0.5) is 0 Å². The standard InChI is InChI=1S/C12H19N3O3/c1-8-12(9(2)14(3)13-8)18-7-11(17)15-5-4-10(16)6-15/h10,16H,4-7H2,1-3H3/t10-/m1/s1. The third-order valence-corrected chi connectivity index (χ3v) is 3.30. The Labute approximate surface area is 106 Å². The molecule has 0 aliphatic carbocycles. The SMILES string of the molecule is Cc1nn(C)c(C)c1OCC(=O)N1CC[C@@H](O)C1. The Morgan fingerprint density at radius 2 is 2.28 bits per heavy atom. The van der Waals surface area contributed by atoms with Gasteiger partial charge in [0.15, 0.2) is 12.4 Å². The number of ether oxygens (including phenoxy) is 1. The largest absolute Gasteiger partial charge is 0.480 e. The van der Waals surface area contributed by atoms with Gasteiger partial charge in [0.25, 0.3) is 5.91 Å². The number of aliphatic hydroxyl groups excluding tert-OH is 1. The molecule has 1 aliphatic rings. The zero-order valence-electron chi connectivity index (χ0n) is 11.0. The summed E-state index contributed by atoms with van der Waals surface area (Å²) in [5, 5.41) is 13.6. The van der Waals surface area contributed by atoms with Crippen LogP contribution in [-0.2, 0) is 11.8 Å². The second-order valence-electron chi connectivity index (χ2n) is 4.69. The minimum absolute atomic E-state index is 0.0000926. The van der Waals surface area contributed by atoms with Crippen LogP contribution in [0.2, 0.25) is 0 Å². The topological polar surface area (TPSA) is 67.6 Å². The van der Waals surface area contributed by atoms with Crippen molar-refractivity contribution in [2.75, 3.05) is 19.7 Å². The predicted molar refractivity (Wildman–Crippen MR) is 65.4 cm³/mol. The number of carbonyl (C=O) groups is 1. The Kier molecular flexibility index (Phi) is 3.56. The minimum Gasteiger partial charge on any atom is -0.480 e. The number of amides is 1. The first-order valence-electron chi connectivity index (χ1n) is 6.08. The van der Waals surface area contributed by atoms with E-state index in [2.05, 4.69) is 5.10 Å². The normalized spacial score (nSPS) is 19.3. The van der Waals surface area contributed by atoms with Gasteiger partial charge in [-0.25, -0.2) is 0 Å². The number of β-amino-alcohol motifs (C(OH)–C–C–N with tert-alkyl or cyclic N) is 1. The lowest BCUT2D eigenvalue weighted by molar-refractivity contribution is -0.132. The highest BCUT2D eigenvalue weighted by molar-refractivity contribution is 5.78. The molecule has 1 saturated heterocycles. The Hall–Kier alpha value is -1.56. The highest BCUT2D eigenvalue weighted by Gasteiger charge is 2.25. The van der Waals surface area contributed by atoms with Crippen molar-refractivity contribution < 1.29 is 14.6 Å². The third-order valence-electron chi connectivity index (χ3n) is 3.30. The van der Waals surface area contributed by atoms with Crippen molar-refractivity contribution in [3.05, 3.63) is 11.4 Å². The van der Waals surface area contributed by atoms with E-state index < -0.39 is 6.10 Å². The molecule has 6 heteroatoms. The van der Waals surface area contributed by atoms with Gasteiger partial charge in [-0.3, -0.25) is 9.48 Å². The number of aryl methyl sites for hydroxylation is 2. The number of aliphatic hydroxyl groups is 1. The molecule has 1 amide bonds. The number of nitrogens with zero attached hydrogens (tertiary/aromatic N) is 3. The fraction of sp³-hybridized carbons (Fsp3) is 0.667. The smallest absolute Gasteiger partial charge is 0.260 e. The van der Waals surface area contributed by atoms with Crippen LogP contribution in [-0.4, -0.2) is 51.5 Å². The fourth-order valence-electron chi connectivity index (χ4n) is 2.16. The summed E-state index contributed by atoms with van der Waals surface area (Å²) in [6, 6.07) is 0. The minimum atomic E-state index is -0.393. The first-order chi connectivity index (χ1) is 8.49. The summed E-state index contributed by atoms with van der Waals surface area (Å²) < 4.78 is 7.27. The molecule has 0 radical (unpaired) electrons. The summed E-state index contributed by atoms with van der Waals surface area (Å²) in [5.41, 5.74) is 1.69. The quantitative estimate of drug-likeness (QED) is 0.824. The van der Waals surface area contributed by atoms with Gasteiger partial charge < -0.3 is 14.7 Å². The maximum atomic E-state index is 11.9. The average molecular weight is 253 g/mol. The van der Waals surface area contributed by atoms with Gasteiger partial charge in [0, 0.05) is 20.1 Å². The second kappa shape index (κ2) is 4.97. The summed E-state index contributed by atoms with van der Waals surface area (Å²) in [5.74, 6) is 0.583. The van der Waals surface area contributed by atoms with Crippen LogP contribution in [0.3, 0.4) is 0 Å². The molecular weight excluding hydrogens is 234 g/mol. The Balaban J connectivity index is 1.93. The Bertz CT molecular complexity index is 456. The zero-order chi connectivity index (χ0) is 13.3. The molecule has 2 heterocycles. The summed E-state index contributed by atoms with van der Waals surface area (Å²) >= 11 is 0. The number of carbonyl (C=O) groups excluding carboxylic acids is 1. The highest BCUT2D eigenvalue weighted by atomic mass is 16.5. The molecular formula is C12H19N3O3. The van der Waals surface area contributed by atoms with Gasteiger partial charge in [-0.05, 0) is 20.3 Å². The lowest BCUT2D eigenvalue weighted by atomic mass is 10.3. The number of likely N-dealkylation sites (tertiary alicyclic amines) is 1. The van der Waals surface area contributed by atoms with Gasteiger partial charge in [0.05, 0.1) is 11.8 Å². The lowest BCUT2D eigenvalue weighted by Gasteiger charge is -2.15. The van der Waals surface area contributed by atoms with Crippen LogP contribution in [0.1, 0.15) is 17.8 Å². The van der Waals surface area contributed by atoms with Crippen LogP contribution >= 0.6 is 0 Å². The molecule has 0 bridgehead atoms. The van der Waals surface area contributed by atoms with E-state index >= 15 is 0 Å². The molecule has 1 aromatic heterocycles. The second-order valence-corrected chi connectivity index (χ2v) is 4.69. The molecule has 0 unspecified atom stereocenters. The van der Waals surface area contributed by atoms with Gasteiger partial charge in [0.1, 0.15) is 5.69 Å². The van der Waals surface area contributed by atoms with Crippen molar-refractivity contribution in [1.82, 2.24) is 14.7 Å². The van der Waals surface area contributed by atoms with Crippen molar-refractivity contribution >= 4 is 5.91 Å². The molecule has 2 rings (SSSR count). The van der Waals surface area contributed by atoms with Crippen molar-refractivity contribution in [2.45, 2.75) is 26.4 Å². The predicted octanol–water partition coefficient (Wildman–Crippen LogP) is 0.00894. The van der Waals surface area contributed by atoms with E-state index in [0.29, 0.717) is 25.3 Å².